The van der Waals surface area contributed by atoms with E-state index in [2.05, 4.69) is 4.90 Å². The van der Waals surface area contributed by atoms with Gasteiger partial charge >= 0.3 is 0 Å². The molecule has 2 aliphatic rings. The van der Waals surface area contributed by atoms with E-state index in [0.29, 0.717) is 44.6 Å². The molecule has 0 saturated carbocycles. The second kappa shape index (κ2) is 7.16. The summed E-state index contributed by atoms with van der Waals surface area (Å²) in [7, 11) is 1.71. The third kappa shape index (κ3) is 4.01. The van der Waals surface area contributed by atoms with Gasteiger partial charge < -0.3 is 20.3 Å². The molecule has 1 saturated heterocycles. The molecule has 2 N–H and O–H groups in total. The van der Waals surface area contributed by atoms with Crippen LogP contribution in [0.2, 0.25) is 0 Å². The minimum atomic E-state index is -1.25. The average Bonchev–Trinajstić information content (AvgIpc) is 2.61. The maximum Gasteiger partial charge on any atom is 0.146 e. The Kier molecular flexibility index (Phi) is 5.26. The molecule has 0 spiro atoms. The standard InChI is InChI=1S/C20H29F2N3O/c1-19(2,26-3)13-24-11-8-20(22,9-12-24)14-25-10-4-5-15-17(25)7-6-16(21)18(15)23/h4-7H,8-14,23H2,1-3H3. The summed E-state index contributed by atoms with van der Waals surface area (Å²) < 4.78 is 34.7. The predicted octanol–water partition coefficient (Wildman–Crippen LogP) is 3.47. The first-order chi connectivity index (χ1) is 12.2. The summed E-state index contributed by atoms with van der Waals surface area (Å²) in [5, 5.41) is 0. The maximum atomic E-state index is 15.5. The van der Waals surface area contributed by atoms with Crippen molar-refractivity contribution in [3.63, 3.8) is 0 Å². The molecular weight excluding hydrogens is 336 g/mol. The van der Waals surface area contributed by atoms with Crippen LogP contribution in [0.3, 0.4) is 0 Å². The van der Waals surface area contributed by atoms with Crippen molar-refractivity contribution in [1.29, 1.82) is 0 Å². The Morgan fingerprint density at radius 3 is 2.62 bits per heavy atom. The zero-order valence-corrected chi connectivity index (χ0v) is 15.9. The quantitative estimate of drug-likeness (QED) is 0.812. The lowest BCUT2D eigenvalue weighted by Crippen LogP contribution is -2.51. The molecule has 1 aromatic carbocycles. The van der Waals surface area contributed by atoms with Gasteiger partial charge in [0.25, 0.3) is 0 Å². The Bertz CT molecular complexity index is 682. The van der Waals surface area contributed by atoms with Crippen LogP contribution < -0.4 is 10.6 Å². The maximum absolute atomic E-state index is 15.5. The van der Waals surface area contributed by atoms with E-state index >= 15 is 4.39 Å². The highest BCUT2D eigenvalue weighted by Gasteiger charge is 2.38. The molecule has 0 bridgehead atoms. The summed E-state index contributed by atoms with van der Waals surface area (Å²) in [6.45, 7) is 7.23. The Hall–Kier alpha value is -1.66. The number of halogens is 2. The van der Waals surface area contributed by atoms with E-state index < -0.39 is 11.5 Å². The average molecular weight is 365 g/mol. The van der Waals surface area contributed by atoms with E-state index in [4.69, 9.17) is 10.5 Å². The van der Waals surface area contributed by atoms with Gasteiger partial charge in [-0.2, -0.15) is 0 Å². The second-order valence-electron chi connectivity index (χ2n) is 8.07. The number of alkyl halides is 1. The number of hydrogen-bond donors (Lipinski definition) is 1. The molecule has 2 heterocycles. The topological polar surface area (TPSA) is 41.7 Å². The number of benzene rings is 1. The summed E-state index contributed by atoms with van der Waals surface area (Å²) in [5.74, 6) is -0.431. The smallest absolute Gasteiger partial charge is 0.146 e. The summed E-state index contributed by atoms with van der Waals surface area (Å²) in [6.07, 6.45) is 4.71. The molecular formula is C20H29F2N3O. The Balaban J connectivity index is 1.66. The van der Waals surface area contributed by atoms with Crippen molar-refractivity contribution >= 4 is 17.5 Å². The second-order valence-corrected chi connectivity index (χ2v) is 8.07. The minimum Gasteiger partial charge on any atom is -0.396 e. The highest BCUT2D eigenvalue weighted by Crippen LogP contribution is 2.36. The van der Waals surface area contributed by atoms with Crippen LogP contribution in [0.25, 0.3) is 6.08 Å². The number of rotatable bonds is 5. The van der Waals surface area contributed by atoms with Crippen LogP contribution in [0.5, 0.6) is 0 Å². The molecule has 3 rings (SSSR count). The lowest BCUT2D eigenvalue weighted by Gasteiger charge is -2.42. The molecule has 2 aliphatic heterocycles. The van der Waals surface area contributed by atoms with Gasteiger partial charge in [-0.25, -0.2) is 8.78 Å². The third-order valence-corrected chi connectivity index (χ3v) is 5.55. The summed E-state index contributed by atoms with van der Waals surface area (Å²) in [6, 6.07) is 3.06. The van der Waals surface area contributed by atoms with E-state index in [-0.39, 0.29) is 11.3 Å². The van der Waals surface area contributed by atoms with Crippen LogP contribution in [0.4, 0.5) is 20.2 Å². The van der Waals surface area contributed by atoms with Crippen LogP contribution >= 0.6 is 0 Å². The van der Waals surface area contributed by atoms with Crippen molar-refractivity contribution in [3.8, 4) is 0 Å². The third-order valence-electron chi connectivity index (χ3n) is 5.55. The van der Waals surface area contributed by atoms with Crippen molar-refractivity contribution in [3.05, 3.63) is 29.6 Å². The first kappa shape index (κ1) is 19.1. The van der Waals surface area contributed by atoms with Crippen LogP contribution in [0.1, 0.15) is 32.3 Å². The molecule has 1 fully saturated rings. The summed E-state index contributed by atoms with van der Waals surface area (Å²) >= 11 is 0. The van der Waals surface area contributed by atoms with Gasteiger partial charge in [0.1, 0.15) is 11.5 Å². The molecule has 0 amide bonds. The number of nitrogen functional groups attached to an aromatic ring is 1. The SMILES string of the molecule is COC(C)(C)CN1CCC(F)(CN2CC=Cc3c2ccc(F)c3N)CC1. The Morgan fingerprint density at radius 1 is 1.27 bits per heavy atom. The van der Waals surface area contributed by atoms with Gasteiger partial charge in [0.15, 0.2) is 0 Å². The van der Waals surface area contributed by atoms with Gasteiger partial charge in [0.05, 0.1) is 17.8 Å². The normalized spacial score (nSPS) is 20.3. The zero-order chi connectivity index (χ0) is 18.9. The molecule has 1 aromatic rings. The number of likely N-dealkylation sites (tertiary alicyclic amines) is 1. The number of ether oxygens (including phenoxy) is 1. The van der Waals surface area contributed by atoms with E-state index in [1.165, 1.54) is 6.07 Å². The number of nitrogens with zero attached hydrogens (tertiary/aromatic N) is 2. The lowest BCUT2D eigenvalue weighted by molar-refractivity contribution is -0.0267. The number of fused-ring (bicyclic) bond motifs is 1. The molecule has 0 unspecified atom stereocenters. The summed E-state index contributed by atoms with van der Waals surface area (Å²) in [5.41, 5.74) is 5.97. The highest BCUT2D eigenvalue weighted by molar-refractivity contribution is 5.80. The summed E-state index contributed by atoms with van der Waals surface area (Å²) in [4.78, 5) is 4.23. The molecule has 0 aliphatic carbocycles. The molecule has 4 nitrogen and oxygen atoms in total. The van der Waals surface area contributed by atoms with Crippen LogP contribution in [-0.2, 0) is 4.74 Å². The predicted molar refractivity (Wildman–Crippen MR) is 103 cm³/mol. The van der Waals surface area contributed by atoms with Gasteiger partial charge in [-0.3, -0.25) is 0 Å². The van der Waals surface area contributed by atoms with Gasteiger partial charge in [-0.15, -0.1) is 0 Å². The Labute approximate surface area is 154 Å². The van der Waals surface area contributed by atoms with Crippen LogP contribution in [-0.4, -0.2) is 56.0 Å². The molecule has 0 atom stereocenters. The van der Waals surface area contributed by atoms with E-state index in [0.717, 1.165) is 12.2 Å². The largest absolute Gasteiger partial charge is 0.396 e. The molecule has 6 heteroatoms. The van der Waals surface area contributed by atoms with Gasteiger partial charge in [-0.05, 0) is 38.8 Å². The first-order valence-electron chi connectivity index (χ1n) is 9.19. The van der Waals surface area contributed by atoms with Crippen molar-refractivity contribution in [2.75, 3.05) is 50.5 Å². The van der Waals surface area contributed by atoms with Crippen molar-refractivity contribution in [2.45, 2.75) is 38.0 Å². The monoisotopic (exact) mass is 365 g/mol. The number of nitrogens with two attached hydrogens (primary N) is 1. The Morgan fingerprint density at radius 2 is 1.96 bits per heavy atom. The fourth-order valence-electron chi connectivity index (χ4n) is 3.81. The minimum absolute atomic E-state index is 0.132. The molecule has 0 aromatic heterocycles. The molecule has 0 radical (unpaired) electrons. The molecule has 144 valence electrons. The first-order valence-corrected chi connectivity index (χ1v) is 9.19. The van der Waals surface area contributed by atoms with Crippen LogP contribution in [0, 0.1) is 5.82 Å². The van der Waals surface area contributed by atoms with Crippen molar-refractivity contribution < 1.29 is 13.5 Å². The highest BCUT2D eigenvalue weighted by atomic mass is 19.1. The van der Waals surface area contributed by atoms with Crippen molar-refractivity contribution in [1.82, 2.24) is 4.90 Å². The number of piperidine rings is 1. The fraction of sp³-hybridized carbons (Fsp3) is 0.600. The zero-order valence-electron chi connectivity index (χ0n) is 15.9. The van der Waals surface area contributed by atoms with Crippen molar-refractivity contribution in [2.24, 2.45) is 0 Å². The number of hydrogen-bond acceptors (Lipinski definition) is 4. The lowest BCUT2D eigenvalue weighted by atomic mass is 9.91. The number of methoxy groups -OCH3 is 1. The van der Waals surface area contributed by atoms with Gasteiger partial charge in [0, 0.05) is 44.5 Å². The van der Waals surface area contributed by atoms with Gasteiger partial charge in [-0.1, -0.05) is 12.2 Å². The fourth-order valence-corrected chi connectivity index (χ4v) is 3.81. The molecule has 26 heavy (non-hydrogen) atoms. The van der Waals surface area contributed by atoms with Gasteiger partial charge in [0.2, 0.25) is 0 Å². The number of anilines is 2. The van der Waals surface area contributed by atoms with E-state index in [9.17, 15) is 4.39 Å². The van der Waals surface area contributed by atoms with Crippen LogP contribution in [0.15, 0.2) is 18.2 Å². The van der Waals surface area contributed by atoms with E-state index in [1.807, 2.05) is 30.9 Å². The van der Waals surface area contributed by atoms with E-state index in [1.54, 1.807) is 13.2 Å².